The van der Waals surface area contributed by atoms with Gasteiger partial charge in [-0.15, -0.1) is 0 Å². The number of aliphatic carboxylic acids is 1. The van der Waals surface area contributed by atoms with Gasteiger partial charge in [0, 0.05) is 19.5 Å². The fourth-order valence-corrected chi connectivity index (χ4v) is 3.30. The summed E-state index contributed by atoms with van der Waals surface area (Å²) >= 11 is 0. The lowest BCUT2D eigenvalue weighted by molar-refractivity contribution is -0.142. The van der Waals surface area contributed by atoms with Crippen molar-refractivity contribution in [2.24, 2.45) is 38.7 Å². The molecule has 15 N–H and O–H groups in total. The molecule has 3 unspecified atom stereocenters. The van der Waals surface area contributed by atoms with Crippen molar-refractivity contribution in [1.29, 1.82) is 0 Å². The highest BCUT2D eigenvalue weighted by Crippen LogP contribution is 2.12. The molecule has 16 nitrogen and oxygen atoms in total. The molecule has 3 atom stereocenters. The standard InChI is InChI=1S/C23H38N10O6/c24-15(3-1-9-29-22(25)26)19(36)31-12-18(35)32-17(11-13-5-7-14(34)8-6-13)20(37)33-16(21(38)39)4-2-10-30-23(27)28/h5-8,15-17,34H,1-4,9-12,24H2,(H,31,36)(H,32,35)(H,33,37)(H,38,39)(H4,25,26,29)(H4,27,28,30). The Hall–Kier alpha value is -4.60. The van der Waals surface area contributed by atoms with Gasteiger partial charge in [-0.25, -0.2) is 4.79 Å². The number of phenols is 1. The SMILES string of the molecule is NC(N)=NCCCC(N)C(=O)NCC(=O)NC(Cc1ccc(O)cc1)C(=O)NC(CCCN=C(N)N)C(=O)O. The Bertz CT molecular complexity index is 1020. The summed E-state index contributed by atoms with van der Waals surface area (Å²) in [6, 6.07) is 2.56. The van der Waals surface area contributed by atoms with Crippen LogP contribution in [0.2, 0.25) is 0 Å². The number of carbonyl (C=O) groups excluding carboxylic acids is 3. The average molecular weight is 551 g/mol. The molecule has 0 radical (unpaired) electrons. The number of carbonyl (C=O) groups is 4. The normalized spacial score (nSPS) is 12.7. The zero-order valence-electron chi connectivity index (χ0n) is 21.5. The van der Waals surface area contributed by atoms with Gasteiger partial charge in [-0.3, -0.25) is 24.4 Å². The highest BCUT2D eigenvalue weighted by molar-refractivity contribution is 5.92. The molecule has 0 aliphatic rings. The van der Waals surface area contributed by atoms with Crippen LogP contribution in [0.4, 0.5) is 0 Å². The molecular formula is C23H38N10O6. The summed E-state index contributed by atoms with van der Waals surface area (Å²) in [6.07, 6.45) is 1.02. The quantitative estimate of drug-likeness (QED) is 0.0516. The largest absolute Gasteiger partial charge is 0.508 e. The van der Waals surface area contributed by atoms with Crippen molar-refractivity contribution < 1.29 is 29.4 Å². The number of phenolic OH excluding ortho intramolecular Hbond substituents is 1. The van der Waals surface area contributed by atoms with Crippen molar-refractivity contribution in [3.63, 3.8) is 0 Å². The molecule has 1 aromatic carbocycles. The van der Waals surface area contributed by atoms with Crippen LogP contribution in [0.25, 0.3) is 0 Å². The Morgan fingerprint density at radius 2 is 1.38 bits per heavy atom. The van der Waals surface area contributed by atoms with E-state index in [4.69, 9.17) is 28.7 Å². The Morgan fingerprint density at radius 3 is 1.92 bits per heavy atom. The van der Waals surface area contributed by atoms with Gasteiger partial charge in [0.2, 0.25) is 17.7 Å². The smallest absolute Gasteiger partial charge is 0.326 e. The fraction of sp³-hybridized carbons (Fsp3) is 0.478. The number of hydrogen-bond acceptors (Lipinski definition) is 8. The van der Waals surface area contributed by atoms with Crippen LogP contribution in [0.15, 0.2) is 34.3 Å². The fourth-order valence-electron chi connectivity index (χ4n) is 3.30. The first-order valence-electron chi connectivity index (χ1n) is 12.1. The third-order valence-corrected chi connectivity index (χ3v) is 5.32. The number of guanidine groups is 2. The lowest BCUT2D eigenvalue weighted by atomic mass is 10.0. The van der Waals surface area contributed by atoms with Crippen LogP contribution in [0.5, 0.6) is 5.75 Å². The molecule has 3 amide bonds. The van der Waals surface area contributed by atoms with Gasteiger partial charge in [-0.1, -0.05) is 12.1 Å². The molecule has 0 heterocycles. The van der Waals surface area contributed by atoms with Crippen LogP contribution in [0, 0.1) is 0 Å². The van der Waals surface area contributed by atoms with Crippen molar-refractivity contribution in [3.8, 4) is 5.75 Å². The molecule has 0 saturated heterocycles. The number of nitrogens with one attached hydrogen (secondary N) is 3. The maximum Gasteiger partial charge on any atom is 0.326 e. The van der Waals surface area contributed by atoms with E-state index in [1.165, 1.54) is 12.1 Å². The van der Waals surface area contributed by atoms with E-state index in [-0.39, 0.29) is 49.9 Å². The lowest BCUT2D eigenvalue weighted by Crippen LogP contribution is -2.54. The number of benzene rings is 1. The number of aliphatic imine (C=N–C) groups is 2. The van der Waals surface area contributed by atoms with Gasteiger partial charge in [0.25, 0.3) is 0 Å². The second-order valence-electron chi connectivity index (χ2n) is 8.61. The van der Waals surface area contributed by atoms with Crippen LogP contribution in [0.1, 0.15) is 31.2 Å². The monoisotopic (exact) mass is 550 g/mol. The second-order valence-corrected chi connectivity index (χ2v) is 8.61. The zero-order valence-corrected chi connectivity index (χ0v) is 21.5. The lowest BCUT2D eigenvalue weighted by Gasteiger charge is -2.22. The van der Waals surface area contributed by atoms with Crippen molar-refractivity contribution >= 4 is 35.6 Å². The van der Waals surface area contributed by atoms with Crippen LogP contribution in [0.3, 0.4) is 0 Å². The summed E-state index contributed by atoms with van der Waals surface area (Å²) in [5.74, 6) is -3.52. The molecule has 1 rings (SSSR count). The minimum Gasteiger partial charge on any atom is -0.508 e. The van der Waals surface area contributed by atoms with Gasteiger partial charge in [-0.2, -0.15) is 0 Å². The molecule has 1 aromatic rings. The van der Waals surface area contributed by atoms with Crippen LogP contribution >= 0.6 is 0 Å². The number of nitrogens with two attached hydrogens (primary N) is 5. The van der Waals surface area contributed by atoms with E-state index >= 15 is 0 Å². The van der Waals surface area contributed by atoms with E-state index in [2.05, 4.69) is 25.9 Å². The average Bonchev–Trinajstić information content (AvgIpc) is 2.87. The molecular weight excluding hydrogens is 512 g/mol. The molecule has 0 saturated carbocycles. The minimum atomic E-state index is -1.27. The summed E-state index contributed by atoms with van der Waals surface area (Å²) in [7, 11) is 0. The highest BCUT2D eigenvalue weighted by atomic mass is 16.4. The third kappa shape index (κ3) is 14.1. The first-order valence-corrected chi connectivity index (χ1v) is 12.1. The molecule has 0 spiro atoms. The van der Waals surface area contributed by atoms with Crippen molar-refractivity contribution in [2.45, 2.75) is 50.2 Å². The first-order chi connectivity index (χ1) is 18.4. The summed E-state index contributed by atoms with van der Waals surface area (Å²) < 4.78 is 0. The summed E-state index contributed by atoms with van der Waals surface area (Å²) in [5.41, 5.74) is 27.4. The van der Waals surface area contributed by atoms with Crippen molar-refractivity contribution in [1.82, 2.24) is 16.0 Å². The molecule has 0 fully saturated rings. The third-order valence-electron chi connectivity index (χ3n) is 5.32. The van der Waals surface area contributed by atoms with Gasteiger partial charge in [0.05, 0.1) is 12.6 Å². The Kier molecular flexibility index (Phi) is 14.1. The maximum absolute atomic E-state index is 13.0. The van der Waals surface area contributed by atoms with Crippen LogP contribution < -0.4 is 44.6 Å². The van der Waals surface area contributed by atoms with Gasteiger partial charge in [-0.05, 0) is 43.4 Å². The number of hydrogen-bond donors (Lipinski definition) is 10. The van der Waals surface area contributed by atoms with E-state index in [9.17, 15) is 29.4 Å². The van der Waals surface area contributed by atoms with E-state index in [0.717, 1.165) is 0 Å². The number of aromatic hydroxyl groups is 1. The van der Waals surface area contributed by atoms with E-state index < -0.39 is 48.4 Å². The predicted octanol–water partition coefficient (Wildman–Crippen LogP) is -3.46. The summed E-state index contributed by atoms with van der Waals surface area (Å²) in [6.45, 7) is -0.00404. The van der Waals surface area contributed by atoms with Crippen molar-refractivity contribution in [3.05, 3.63) is 29.8 Å². The van der Waals surface area contributed by atoms with E-state index in [1.807, 2.05) is 0 Å². The molecule has 39 heavy (non-hydrogen) atoms. The minimum absolute atomic E-state index is 0.00727. The van der Waals surface area contributed by atoms with Crippen LogP contribution in [-0.4, -0.2) is 83.6 Å². The maximum atomic E-state index is 13.0. The molecule has 0 aliphatic carbocycles. The number of carboxylic acid groups (broad SMARTS) is 1. The molecule has 216 valence electrons. The number of rotatable bonds is 17. The zero-order chi connectivity index (χ0) is 29.4. The number of carboxylic acids is 1. The Morgan fingerprint density at radius 1 is 0.821 bits per heavy atom. The van der Waals surface area contributed by atoms with Gasteiger partial charge < -0.3 is 54.8 Å². The van der Waals surface area contributed by atoms with Crippen molar-refractivity contribution in [2.75, 3.05) is 19.6 Å². The Labute approximate surface area is 225 Å². The molecule has 16 heteroatoms. The van der Waals surface area contributed by atoms with E-state index in [1.54, 1.807) is 12.1 Å². The molecule has 0 aliphatic heterocycles. The second kappa shape index (κ2) is 17.0. The number of nitrogens with zero attached hydrogens (tertiary/aromatic N) is 2. The summed E-state index contributed by atoms with van der Waals surface area (Å²) in [5, 5.41) is 26.3. The number of amides is 3. The van der Waals surface area contributed by atoms with E-state index in [0.29, 0.717) is 18.5 Å². The van der Waals surface area contributed by atoms with Crippen LogP contribution in [-0.2, 0) is 25.6 Å². The Balaban J connectivity index is 2.80. The topological polar surface area (TPSA) is 300 Å². The highest BCUT2D eigenvalue weighted by Gasteiger charge is 2.27. The van der Waals surface area contributed by atoms with Gasteiger partial charge in [0.15, 0.2) is 11.9 Å². The molecule has 0 bridgehead atoms. The molecule has 0 aromatic heterocycles. The summed E-state index contributed by atoms with van der Waals surface area (Å²) in [4.78, 5) is 57.0. The predicted molar refractivity (Wildman–Crippen MR) is 144 cm³/mol. The first kappa shape index (κ1) is 32.4. The van der Waals surface area contributed by atoms with Gasteiger partial charge >= 0.3 is 5.97 Å². The van der Waals surface area contributed by atoms with Gasteiger partial charge in [0.1, 0.15) is 17.8 Å².